The average molecular weight is 249 g/mol. The molecular weight excluding hydrogens is 230 g/mol. The first-order chi connectivity index (χ1) is 8.69. The van der Waals surface area contributed by atoms with Crippen LogP contribution in [0.2, 0.25) is 0 Å². The summed E-state index contributed by atoms with van der Waals surface area (Å²) in [4.78, 5) is 11.4. The smallest absolute Gasteiger partial charge is 0.258 e. The molecule has 0 heterocycles. The summed E-state index contributed by atoms with van der Waals surface area (Å²) in [5.74, 6) is 0.572. The lowest BCUT2D eigenvalue weighted by atomic mass is 10.1. The minimum absolute atomic E-state index is 0.0478. The molecule has 1 fully saturated rings. The Bertz CT molecular complexity index is 398. The Kier molecular flexibility index (Phi) is 4.20. The zero-order valence-electron chi connectivity index (χ0n) is 10.6. The van der Waals surface area contributed by atoms with E-state index in [1.807, 2.05) is 19.1 Å². The molecule has 0 aromatic heterocycles. The highest BCUT2D eigenvalue weighted by Crippen LogP contribution is 2.20. The van der Waals surface area contributed by atoms with Gasteiger partial charge in [0.05, 0.1) is 6.10 Å². The number of aliphatic hydroxyl groups excluding tert-OH is 1. The molecule has 1 atom stereocenters. The fourth-order valence-electron chi connectivity index (χ4n) is 1.67. The highest BCUT2D eigenvalue weighted by molar-refractivity contribution is 5.78. The summed E-state index contributed by atoms with van der Waals surface area (Å²) >= 11 is 0. The number of nitrogens with one attached hydrogen (secondary N) is 1. The number of aliphatic hydroxyl groups is 1. The van der Waals surface area contributed by atoms with Gasteiger partial charge in [-0.3, -0.25) is 4.79 Å². The van der Waals surface area contributed by atoms with Crippen molar-refractivity contribution in [3.05, 3.63) is 29.8 Å². The summed E-state index contributed by atoms with van der Waals surface area (Å²) < 4.78 is 5.37. The second-order valence-corrected chi connectivity index (χ2v) is 4.62. The zero-order chi connectivity index (χ0) is 13.0. The third-order valence-corrected chi connectivity index (χ3v) is 2.96. The van der Waals surface area contributed by atoms with E-state index >= 15 is 0 Å². The molecule has 98 valence electrons. The monoisotopic (exact) mass is 249 g/mol. The van der Waals surface area contributed by atoms with E-state index in [1.165, 1.54) is 0 Å². The van der Waals surface area contributed by atoms with Crippen LogP contribution in [0.15, 0.2) is 24.3 Å². The van der Waals surface area contributed by atoms with E-state index in [0.717, 1.165) is 18.4 Å². The molecule has 18 heavy (non-hydrogen) atoms. The van der Waals surface area contributed by atoms with E-state index < -0.39 is 6.10 Å². The van der Waals surface area contributed by atoms with Crippen LogP contribution in [0, 0.1) is 0 Å². The number of ether oxygens (including phenoxy) is 1. The van der Waals surface area contributed by atoms with Gasteiger partial charge in [-0.25, -0.2) is 0 Å². The van der Waals surface area contributed by atoms with Crippen molar-refractivity contribution in [2.75, 3.05) is 6.61 Å². The predicted octanol–water partition coefficient (Wildman–Crippen LogP) is 1.79. The molecule has 1 aliphatic rings. The van der Waals surface area contributed by atoms with Gasteiger partial charge in [0.2, 0.25) is 0 Å². The maximum atomic E-state index is 11.4. The lowest BCUT2D eigenvalue weighted by molar-refractivity contribution is -0.123. The van der Waals surface area contributed by atoms with E-state index in [1.54, 1.807) is 12.1 Å². The standard InChI is InChI=1S/C14H19NO3/c1-2-13(16)10-3-7-12(8-4-10)18-9-14(17)15-11-5-6-11/h3-4,7-8,11,13,16H,2,5-6,9H2,1H3,(H,15,17). The van der Waals surface area contributed by atoms with Crippen molar-refractivity contribution in [1.82, 2.24) is 5.32 Å². The number of amides is 1. The predicted molar refractivity (Wildman–Crippen MR) is 68.4 cm³/mol. The largest absolute Gasteiger partial charge is 0.484 e. The molecule has 2 rings (SSSR count). The zero-order valence-corrected chi connectivity index (χ0v) is 10.6. The Morgan fingerprint density at radius 2 is 2.11 bits per heavy atom. The number of carbonyl (C=O) groups is 1. The first kappa shape index (κ1) is 12.9. The molecule has 4 nitrogen and oxygen atoms in total. The fourth-order valence-corrected chi connectivity index (χ4v) is 1.67. The highest BCUT2D eigenvalue weighted by atomic mass is 16.5. The van der Waals surface area contributed by atoms with Gasteiger partial charge in [0, 0.05) is 6.04 Å². The molecule has 1 aromatic rings. The van der Waals surface area contributed by atoms with Gasteiger partial charge < -0.3 is 15.2 Å². The summed E-state index contributed by atoms with van der Waals surface area (Å²) in [5.41, 5.74) is 0.868. The number of hydrogen-bond donors (Lipinski definition) is 2. The number of carbonyl (C=O) groups excluding carboxylic acids is 1. The molecule has 0 radical (unpaired) electrons. The molecule has 1 aromatic carbocycles. The van der Waals surface area contributed by atoms with Crippen LogP contribution in [0.4, 0.5) is 0 Å². The van der Waals surface area contributed by atoms with Gasteiger partial charge in [-0.1, -0.05) is 19.1 Å². The van der Waals surface area contributed by atoms with Crippen LogP contribution in [0.3, 0.4) is 0 Å². The summed E-state index contributed by atoms with van der Waals surface area (Å²) in [5, 5.41) is 12.5. The van der Waals surface area contributed by atoms with E-state index in [-0.39, 0.29) is 12.5 Å². The van der Waals surface area contributed by atoms with Gasteiger partial charge in [0.25, 0.3) is 5.91 Å². The van der Waals surface area contributed by atoms with Gasteiger partial charge in [0.15, 0.2) is 6.61 Å². The van der Waals surface area contributed by atoms with E-state index in [2.05, 4.69) is 5.32 Å². The van der Waals surface area contributed by atoms with Crippen molar-refractivity contribution in [3.8, 4) is 5.75 Å². The van der Waals surface area contributed by atoms with Crippen LogP contribution in [-0.2, 0) is 4.79 Å². The highest BCUT2D eigenvalue weighted by Gasteiger charge is 2.23. The minimum Gasteiger partial charge on any atom is -0.484 e. The van der Waals surface area contributed by atoms with Gasteiger partial charge >= 0.3 is 0 Å². The summed E-state index contributed by atoms with van der Waals surface area (Å²) in [7, 11) is 0. The van der Waals surface area contributed by atoms with E-state index in [4.69, 9.17) is 4.74 Å². The van der Waals surface area contributed by atoms with Gasteiger partial charge in [-0.05, 0) is 37.0 Å². The van der Waals surface area contributed by atoms with Crippen molar-refractivity contribution in [2.45, 2.75) is 38.3 Å². The molecule has 0 spiro atoms. The maximum absolute atomic E-state index is 11.4. The molecule has 1 saturated carbocycles. The van der Waals surface area contributed by atoms with Crippen molar-refractivity contribution >= 4 is 5.91 Å². The second kappa shape index (κ2) is 5.87. The third-order valence-electron chi connectivity index (χ3n) is 2.96. The van der Waals surface area contributed by atoms with Crippen molar-refractivity contribution in [2.24, 2.45) is 0 Å². The molecule has 0 bridgehead atoms. The van der Waals surface area contributed by atoms with Gasteiger partial charge in [-0.2, -0.15) is 0 Å². The Labute approximate surface area is 107 Å². The fraction of sp³-hybridized carbons (Fsp3) is 0.500. The minimum atomic E-state index is -0.433. The molecule has 1 unspecified atom stereocenters. The number of hydrogen-bond acceptors (Lipinski definition) is 3. The lowest BCUT2D eigenvalue weighted by Gasteiger charge is -2.10. The van der Waals surface area contributed by atoms with Crippen molar-refractivity contribution < 1.29 is 14.6 Å². The molecule has 1 amide bonds. The maximum Gasteiger partial charge on any atom is 0.258 e. The Hall–Kier alpha value is -1.55. The number of rotatable bonds is 6. The SMILES string of the molecule is CCC(O)c1ccc(OCC(=O)NC2CC2)cc1. The van der Waals surface area contributed by atoms with Crippen LogP contribution < -0.4 is 10.1 Å². The van der Waals surface area contributed by atoms with Crippen LogP contribution in [0.1, 0.15) is 37.9 Å². The van der Waals surface area contributed by atoms with Crippen LogP contribution in [-0.4, -0.2) is 23.7 Å². The van der Waals surface area contributed by atoms with Crippen LogP contribution in [0.25, 0.3) is 0 Å². The average Bonchev–Trinajstić information content (AvgIpc) is 3.20. The van der Waals surface area contributed by atoms with Crippen LogP contribution >= 0.6 is 0 Å². The summed E-state index contributed by atoms with van der Waals surface area (Å²) in [6, 6.07) is 7.56. The van der Waals surface area contributed by atoms with E-state index in [0.29, 0.717) is 18.2 Å². The molecular formula is C14H19NO3. The van der Waals surface area contributed by atoms with Crippen molar-refractivity contribution in [3.63, 3.8) is 0 Å². The quantitative estimate of drug-likeness (QED) is 0.808. The first-order valence-electron chi connectivity index (χ1n) is 6.39. The van der Waals surface area contributed by atoms with E-state index in [9.17, 15) is 9.90 Å². The van der Waals surface area contributed by atoms with Crippen LogP contribution in [0.5, 0.6) is 5.75 Å². The molecule has 0 saturated heterocycles. The molecule has 2 N–H and O–H groups in total. The van der Waals surface area contributed by atoms with Gasteiger partial charge in [-0.15, -0.1) is 0 Å². The van der Waals surface area contributed by atoms with Gasteiger partial charge in [0.1, 0.15) is 5.75 Å². The Balaban J connectivity index is 1.80. The summed E-state index contributed by atoms with van der Waals surface area (Å²) in [6.45, 7) is 1.98. The molecule has 4 heteroatoms. The second-order valence-electron chi connectivity index (χ2n) is 4.62. The molecule has 1 aliphatic carbocycles. The lowest BCUT2D eigenvalue weighted by Crippen LogP contribution is -2.30. The third kappa shape index (κ3) is 3.74. The topological polar surface area (TPSA) is 58.6 Å². The number of benzene rings is 1. The Morgan fingerprint density at radius 1 is 1.44 bits per heavy atom. The Morgan fingerprint density at radius 3 is 2.67 bits per heavy atom. The normalized spacial score (nSPS) is 16.1. The van der Waals surface area contributed by atoms with Crippen molar-refractivity contribution in [1.29, 1.82) is 0 Å². The summed E-state index contributed by atoms with van der Waals surface area (Å²) in [6.07, 6.45) is 2.41. The molecule has 0 aliphatic heterocycles. The first-order valence-corrected chi connectivity index (χ1v) is 6.39.